The summed E-state index contributed by atoms with van der Waals surface area (Å²) in [6.07, 6.45) is 0. The van der Waals surface area contributed by atoms with Crippen molar-refractivity contribution in [2.45, 2.75) is 11.0 Å². The van der Waals surface area contributed by atoms with Crippen molar-refractivity contribution in [3.63, 3.8) is 0 Å². The van der Waals surface area contributed by atoms with Crippen molar-refractivity contribution in [2.75, 3.05) is 54.4 Å². The molecule has 0 aliphatic carbocycles. The number of rotatable bonds is 6. The van der Waals surface area contributed by atoms with E-state index < -0.39 is 0 Å². The first-order valence-corrected chi connectivity index (χ1v) is 10.1. The van der Waals surface area contributed by atoms with E-state index in [2.05, 4.69) is 54.3 Å². The van der Waals surface area contributed by atoms with E-state index in [1.54, 1.807) is 0 Å². The summed E-state index contributed by atoms with van der Waals surface area (Å²) in [5.41, 5.74) is 4.56. The standard InChI is InChI=1S/C8H20N3.2CH3.Ga/c1-10(2)7-5-9-6-8-11(3)4;;;/h5-8H2,1-4H3;2*1H3;/q-1;;;+1. The van der Waals surface area contributed by atoms with Crippen molar-refractivity contribution >= 4 is 17.4 Å². The Morgan fingerprint density at radius 1 is 0.857 bits per heavy atom. The fourth-order valence-corrected chi connectivity index (χ4v) is 0.653. The molecule has 0 bridgehead atoms. The molecule has 0 fully saturated rings. The second-order valence-corrected chi connectivity index (χ2v) is 6.28. The van der Waals surface area contributed by atoms with Crippen LogP contribution in [0.1, 0.15) is 0 Å². The van der Waals surface area contributed by atoms with E-state index in [1.165, 1.54) is 0 Å². The summed E-state index contributed by atoms with van der Waals surface area (Å²) < 4.78 is 0. The third-order valence-electron chi connectivity index (χ3n) is 1.41. The van der Waals surface area contributed by atoms with Gasteiger partial charge in [0.05, 0.1) is 0 Å². The summed E-state index contributed by atoms with van der Waals surface area (Å²) in [7, 11) is 8.28. The first-order valence-electron chi connectivity index (χ1n) is 5.21. The molecule has 14 heavy (non-hydrogen) atoms. The zero-order valence-electron chi connectivity index (χ0n) is 10.7. The van der Waals surface area contributed by atoms with Gasteiger partial charge in [-0.1, -0.05) is 0 Å². The average molecular weight is 258 g/mol. The third-order valence-corrected chi connectivity index (χ3v) is 1.41. The SMILES string of the molecule is CN(C)CC[N-]CCN(C)C.[CH3][Ga+][CH3]. The Bertz CT molecular complexity index is 87.4. The van der Waals surface area contributed by atoms with Crippen molar-refractivity contribution < 1.29 is 0 Å². The normalized spacial score (nSPS) is 9.71. The van der Waals surface area contributed by atoms with Crippen LogP contribution in [0.4, 0.5) is 0 Å². The van der Waals surface area contributed by atoms with Gasteiger partial charge in [-0.25, -0.2) is 0 Å². The molecule has 0 N–H and O–H groups in total. The van der Waals surface area contributed by atoms with Crippen LogP contribution in [-0.2, 0) is 0 Å². The number of hydrogen-bond acceptors (Lipinski definition) is 2. The van der Waals surface area contributed by atoms with Gasteiger partial charge in [0.1, 0.15) is 0 Å². The molecule has 0 unspecified atom stereocenters. The van der Waals surface area contributed by atoms with Crippen LogP contribution in [0.5, 0.6) is 0 Å². The first-order chi connectivity index (χ1) is 6.54. The van der Waals surface area contributed by atoms with Gasteiger partial charge in [0.2, 0.25) is 0 Å². The van der Waals surface area contributed by atoms with E-state index in [1.807, 2.05) is 0 Å². The summed E-state index contributed by atoms with van der Waals surface area (Å²) in [6, 6.07) is 0. The Kier molecular flexibility index (Phi) is 16.3. The van der Waals surface area contributed by atoms with Gasteiger partial charge >= 0.3 is 28.4 Å². The van der Waals surface area contributed by atoms with E-state index in [4.69, 9.17) is 0 Å². The van der Waals surface area contributed by atoms with Crippen LogP contribution >= 0.6 is 0 Å². The molecule has 0 aromatic rings. The number of nitrogens with zero attached hydrogens (tertiary/aromatic N) is 3. The van der Waals surface area contributed by atoms with Crippen LogP contribution in [0.2, 0.25) is 11.0 Å². The fraction of sp³-hybridized carbons (Fsp3) is 1.00. The van der Waals surface area contributed by atoms with Crippen LogP contribution in [0.3, 0.4) is 0 Å². The van der Waals surface area contributed by atoms with Crippen molar-refractivity contribution in [2.24, 2.45) is 0 Å². The van der Waals surface area contributed by atoms with Crippen LogP contribution < -0.4 is 0 Å². The zero-order valence-corrected chi connectivity index (χ0v) is 13.2. The summed E-state index contributed by atoms with van der Waals surface area (Å²) >= 11 is 0.312. The van der Waals surface area contributed by atoms with E-state index >= 15 is 0 Å². The molecule has 0 aromatic carbocycles. The van der Waals surface area contributed by atoms with Gasteiger partial charge in [-0.15, -0.1) is 13.1 Å². The van der Waals surface area contributed by atoms with Gasteiger partial charge in [-0.3, -0.25) is 0 Å². The zero-order chi connectivity index (χ0) is 11.4. The summed E-state index contributed by atoms with van der Waals surface area (Å²) in [5.74, 6) is 0. The third kappa shape index (κ3) is 22.9. The summed E-state index contributed by atoms with van der Waals surface area (Å²) in [6.45, 7) is 4.04. The molecule has 0 saturated carbocycles. The Balaban J connectivity index is 0. The Morgan fingerprint density at radius 2 is 1.14 bits per heavy atom. The second kappa shape index (κ2) is 13.5. The van der Waals surface area contributed by atoms with Crippen LogP contribution in [0.25, 0.3) is 5.32 Å². The number of likely N-dealkylation sites (N-methyl/N-ethyl adjacent to an activating group) is 2. The second-order valence-electron chi connectivity index (χ2n) is 3.85. The predicted molar refractivity (Wildman–Crippen MR) is 67.7 cm³/mol. The molecule has 0 atom stereocenters. The molecule has 3 nitrogen and oxygen atoms in total. The van der Waals surface area contributed by atoms with Crippen molar-refractivity contribution in [1.82, 2.24) is 9.80 Å². The van der Waals surface area contributed by atoms with Gasteiger partial charge in [-0.2, -0.15) is 0 Å². The Labute approximate surface area is 98.0 Å². The molecule has 0 rings (SSSR count). The monoisotopic (exact) mass is 257 g/mol. The molecule has 0 spiro atoms. The molecule has 0 amide bonds. The minimum absolute atomic E-state index is 0.312. The van der Waals surface area contributed by atoms with Crippen molar-refractivity contribution in [3.8, 4) is 0 Å². The van der Waals surface area contributed by atoms with Crippen molar-refractivity contribution in [3.05, 3.63) is 5.32 Å². The summed E-state index contributed by atoms with van der Waals surface area (Å²) in [4.78, 5) is 4.30. The maximum absolute atomic E-state index is 4.37. The average Bonchev–Trinajstić information content (AvgIpc) is 2.04. The molecule has 0 heterocycles. The molecule has 0 aliphatic heterocycles. The molecule has 0 aromatic heterocycles. The van der Waals surface area contributed by atoms with E-state index in [0.717, 1.165) is 26.2 Å². The fourth-order valence-electron chi connectivity index (χ4n) is 0.653. The van der Waals surface area contributed by atoms with Crippen molar-refractivity contribution in [1.29, 1.82) is 0 Å². The van der Waals surface area contributed by atoms with Crippen LogP contribution in [0, 0.1) is 0 Å². The Morgan fingerprint density at radius 3 is 1.36 bits per heavy atom. The van der Waals surface area contributed by atoms with E-state index in [9.17, 15) is 0 Å². The topological polar surface area (TPSA) is 20.6 Å². The van der Waals surface area contributed by atoms with Crippen LogP contribution in [-0.4, -0.2) is 81.6 Å². The molecular weight excluding hydrogens is 232 g/mol. The first kappa shape index (κ1) is 16.9. The van der Waals surface area contributed by atoms with E-state index in [0.29, 0.717) is 17.4 Å². The van der Waals surface area contributed by atoms with Gasteiger partial charge < -0.3 is 15.1 Å². The molecule has 84 valence electrons. The summed E-state index contributed by atoms with van der Waals surface area (Å²) in [5, 5.41) is 4.37. The van der Waals surface area contributed by atoms with E-state index in [-0.39, 0.29) is 0 Å². The van der Waals surface area contributed by atoms with Gasteiger partial charge in [0, 0.05) is 0 Å². The quantitative estimate of drug-likeness (QED) is 0.528. The molecule has 0 saturated heterocycles. The molecule has 0 radical (unpaired) electrons. The van der Waals surface area contributed by atoms with Gasteiger partial charge in [0.15, 0.2) is 0 Å². The van der Waals surface area contributed by atoms with Gasteiger partial charge in [0.25, 0.3) is 0 Å². The Hall–Kier alpha value is 0.516. The maximum atomic E-state index is 4.37. The molecule has 0 aliphatic rings. The predicted octanol–water partition coefficient (Wildman–Crippen LogP) is 1.27. The molecule has 4 heteroatoms. The number of hydrogen-bond donors (Lipinski definition) is 0. The molecular formula is C10H26GaN3. The van der Waals surface area contributed by atoms with Gasteiger partial charge in [-0.05, 0) is 41.3 Å². The minimum atomic E-state index is 0.312. The van der Waals surface area contributed by atoms with Crippen LogP contribution in [0.15, 0.2) is 0 Å².